The maximum atomic E-state index is 12.6. The van der Waals surface area contributed by atoms with Crippen molar-refractivity contribution < 1.29 is 19.1 Å². The molecule has 0 spiro atoms. The van der Waals surface area contributed by atoms with Crippen LogP contribution in [0.2, 0.25) is 0 Å². The maximum absolute atomic E-state index is 12.6. The second-order valence-electron chi connectivity index (χ2n) is 5.79. The first-order valence-corrected chi connectivity index (χ1v) is 8.18. The smallest absolute Gasteiger partial charge is 0.339 e. The van der Waals surface area contributed by atoms with Crippen LogP contribution >= 0.6 is 0 Å². The molecule has 1 amide bonds. The lowest BCUT2D eigenvalue weighted by atomic mass is 10.1. The van der Waals surface area contributed by atoms with Crippen molar-refractivity contribution in [3.05, 3.63) is 59.2 Å². The van der Waals surface area contributed by atoms with Gasteiger partial charge in [0.25, 0.3) is 5.91 Å². The second kappa shape index (κ2) is 8.33. The van der Waals surface area contributed by atoms with Crippen molar-refractivity contribution in [3.63, 3.8) is 0 Å². The summed E-state index contributed by atoms with van der Waals surface area (Å²) in [6.45, 7) is 5.89. The molecule has 0 aliphatic rings. The molecule has 0 radical (unpaired) electrons. The largest absolute Gasteiger partial charge is 0.481 e. The predicted octanol–water partition coefficient (Wildman–Crippen LogP) is 3.89. The van der Waals surface area contributed by atoms with Gasteiger partial charge in [-0.1, -0.05) is 25.1 Å². The first kappa shape index (κ1) is 18.5. The van der Waals surface area contributed by atoms with Crippen molar-refractivity contribution in [1.82, 2.24) is 0 Å². The summed E-state index contributed by atoms with van der Waals surface area (Å²) in [5.41, 5.74) is 2.97. The van der Waals surface area contributed by atoms with Crippen LogP contribution in [0, 0.1) is 13.8 Å². The Morgan fingerprint density at radius 2 is 1.80 bits per heavy atom. The number of benzene rings is 2. The molecule has 0 saturated heterocycles. The first-order chi connectivity index (χ1) is 12.0. The van der Waals surface area contributed by atoms with E-state index in [4.69, 9.17) is 9.47 Å². The highest BCUT2D eigenvalue weighted by Crippen LogP contribution is 2.20. The van der Waals surface area contributed by atoms with Crippen LogP contribution in [0.25, 0.3) is 0 Å². The van der Waals surface area contributed by atoms with Crippen molar-refractivity contribution in [2.45, 2.75) is 33.3 Å². The van der Waals surface area contributed by atoms with E-state index in [1.54, 1.807) is 24.3 Å². The van der Waals surface area contributed by atoms with Crippen molar-refractivity contribution in [2.24, 2.45) is 0 Å². The highest BCUT2D eigenvalue weighted by molar-refractivity contribution is 6.02. The van der Waals surface area contributed by atoms with E-state index in [9.17, 15) is 9.59 Å². The average molecular weight is 341 g/mol. The highest BCUT2D eigenvalue weighted by Gasteiger charge is 2.21. The summed E-state index contributed by atoms with van der Waals surface area (Å²) in [6, 6.07) is 12.4. The zero-order chi connectivity index (χ0) is 18.4. The molecule has 5 nitrogen and oxygen atoms in total. The summed E-state index contributed by atoms with van der Waals surface area (Å²) >= 11 is 0. The molecule has 1 N–H and O–H groups in total. The Morgan fingerprint density at radius 1 is 1.08 bits per heavy atom. The minimum absolute atomic E-state index is 0.305. The van der Waals surface area contributed by atoms with Crippen LogP contribution < -0.4 is 10.1 Å². The van der Waals surface area contributed by atoms with Gasteiger partial charge in [-0.3, -0.25) is 4.79 Å². The minimum atomic E-state index is -0.659. The molecular formula is C20H23NO4. The Bertz CT molecular complexity index is 770. The standard InChI is InChI=1S/C20H23NO4/c1-5-18(25-15-11-10-13(2)14(3)12-15)19(22)21-17-9-7-6-8-16(17)20(23)24-4/h6-12,18H,5H2,1-4H3,(H,21,22)/t18-/m1/s1. The molecule has 0 fully saturated rings. The van der Waals surface area contributed by atoms with E-state index in [1.807, 2.05) is 39.0 Å². The number of hydrogen-bond acceptors (Lipinski definition) is 4. The van der Waals surface area contributed by atoms with Gasteiger partial charge >= 0.3 is 5.97 Å². The van der Waals surface area contributed by atoms with E-state index in [2.05, 4.69) is 5.32 Å². The van der Waals surface area contributed by atoms with Crippen LogP contribution in [0.3, 0.4) is 0 Å². The van der Waals surface area contributed by atoms with Crippen molar-refractivity contribution in [3.8, 4) is 5.75 Å². The molecule has 0 aromatic heterocycles. The third kappa shape index (κ3) is 4.59. The van der Waals surface area contributed by atoms with Crippen LogP contribution in [0.5, 0.6) is 5.75 Å². The van der Waals surface area contributed by atoms with Gasteiger partial charge in [-0.15, -0.1) is 0 Å². The molecule has 5 heteroatoms. The highest BCUT2D eigenvalue weighted by atomic mass is 16.5. The van der Waals surface area contributed by atoms with Gasteiger partial charge in [0.2, 0.25) is 0 Å². The van der Waals surface area contributed by atoms with E-state index in [0.29, 0.717) is 23.4 Å². The summed E-state index contributed by atoms with van der Waals surface area (Å²) in [4.78, 5) is 24.4. The van der Waals surface area contributed by atoms with Crippen LogP contribution in [0.4, 0.5) is 5.69 Å². The first-order valence-electron chi connectivity index (χ1n) is 8.18. The number of ether oxygens (including phenoxy) is 2. The lowest BCUT2D eigenvalue weighted by molar-refractivity contribution is -0.122. The van der Waals surface area contributed by atoms with Gasteiger partial charge in [-0.2, -0.15) is 0 Å². The Balaban J connectivity index is 2.15. The number of hydrogen-bond donors (Lipinski definition) is 1. The van der Waals surface area contributed by atoms with Gasteiger partial charge < -0.3 is 14.8 Å². The number of anilines is 1. The molecule has 0 heterocycles. The van der Waals surface area contributed by atoms with Gasteiger partial charge in [0.1, 0.15) is 5.75 Å². The van der Waals surface area contributed by atoms with Crippen LogP contribution in [-0.4, -0.2) is 25.1 Å². The fraction of sp³-hybridized carbons (Fsp3) is 0.300. The van der Waals surface area contributed by atoms with E-state index in [0.717, 1.165) is 11.1 Å². The molecule has 1 atom stereocenters. The van der Waals surface area contributed by atoms with Gasteiger partial charge in [0.15, 0.2) is 6.10 Å². The maximum Gasteiger partial charge on any atom is 0.339 e. The van der Waals surface area contributed by atoms with Crippen molar-refractivity contribution >= 4 is 17.6 Å². The molecule has 0 aliphatic carbocycles. The van der Waals surface area contributed by atoms with Gasteiger partial charge in [0.05, 0.1) is 18.4 Å². The number of nitrogens with one attached hydrogen (secondary N) is 1. The van der Waals surface area contributed by atoms with E-state index < -0.39 is 12.1 Å². The number of carbonyl (C=O) groups excluding carboxylic acids is 2. The zero-order valence-corrected chi connectivity index (χ0v) is 15.0. The number of para-hydroxylation sites is 1. The third-order valence-corrected chi connectivity index (χ3v) is 4.01. The molecular weight excluding hydrogens is 318 g/mol. The molecule has 0 bridgehead atoms. The minimum Gasteiger partial charge on any atom is -0.481 e. The van der Waals surface area contributed by atoms with Gasteiger partial charge in [-0.25, -0.2) is 4.79 Å². The number of esters is 1. The normalized spacial score (nSPS) is 11.5. The fourth-order valence-electron chi connectivity index (χ4n) is 2.37. The summed E-state index contributed by atoms with van der Waals surface area (Å²) in [5, 5.41) is 2.76. The van der Waals surface area contributed by atoms with E-state index in [1.165, 1.54) is 7.11 Å². The molecule has 2 rings (SSSR count). The molecule has 25 heavy (non-hydrogen) atoms. The molecule has 0 aliphatic heterocycles. The number of carbonyl (C=O) groups is 2. The second-order valence-corrected chi connectivity index (χ2v) is 5.79. The molecule has 2 aromatic carbocycles. The molecule has 2 aromatic rings. The number of methoxy groups -OCH3 is 1. The SMILES string of the molecule is CC[C@@H](Oc1ccc(C)c(C)c1)C(=O)Nc1ccccc1C(=O)OC. The average Bonchev–Trinajstić information content (AvgIpc) is 2.62. The van der Waals surface area contributed by atoms with Crippen molar-refractivity contribution in [2.75, 3.05) is 12.4 Å². The predicted molar refractivity (Wildman–Crippen MR) is 97.0 cm³/mol. The summed E-state index contributed by atoms with van der Waals surface area (Å²) in [6.07, 6.45) is -0.160. The zero-order valence-electron chi connectivity index (χ0n) is 15.0. The van der Waals surface area contributed by atoms with Gasteiger partial charge in [-0.05, 0) is 55.7 Å². The van der Waals surface area contributed by atoms with E-state index >= 15 is 0 Å². The van der Waals surface area contributed by atoms with Gasteiger partial charge in [0, 0.05) is 0 Å². The summed E-state index contributed by atoms with van der Waals surface area (Å²) in [5.74, 6) is -0.164. The Labute approximate surface area is 148 Å². The molecule has 132 valence electrons. The third-order valence-electron chi connectivity index (χ3n) is 4.01. The Kier molecular flexibility index (Phi) is 6.17. The Hall–Kier alpha value is -2.82. The van der Waals surface area contributed by atoms with Crippen LogP contribution in [0.1, 0.15) is 34.8 Å². The number of rotatable bonds is 6. The van der Waals surface area contributed by atoms with Crippen LogP contribution in [0.15, 0.2) is 42.5 Å². The molecule has 0 saturated carbocycles. The summed E-state index contributed by atoms with van der Waals surface area (Å²) in [7, 11) is 1.30. The quantitative estimate of drug-likeness (QED) is 0.810. The number of amides is 1. The lowest BCUT2D eigenvalue weighted by Gasteiger charge is -2.19. The van der Waals surface area contributed by atoms with Crippen molar-refractivity contribution in [1.29, 1.82) is 0 Å². The fourth-order valence-corrected chi connectivity index (χ4v) is 2.37. The number of aryl methyl sites for hydroxylation is 2. The molecule has 0 unspecified atom stereocenters. The van der Waals surface area contributed by atoms with E-state index in [-0.39, 0.29) is 5.91 Å². The lowest BCUT2D eigenvalue weighted by Crippen LogP contribution is -2.33. The Morgan fingerprint density at radius 3 is 2.44 bits per heavy atom. The summed E-state index contributed by atoms with van der Waals surface area (Å²) < 4.78 is 10.6. The van der Waals surface area contributed by atoms with Crippen LogP contribution in [-0.2, 0) is 9.53 Å². The topological polar surface area (TPSA) is 64.6 Å². The monoisotopic (exact) mass is 341 g/mol.